The Kier molecular flexibility index (Phi) is 4.92. The molecule has 0 aliphatic carbocycles. The van der Waals surface area contributed by atoms with Gasteiger partial charge in [-0.3, -0.25) is 0 Å². The van der Waals surface area contributed by atoms with Gasteiger partial charge in [0.05, 0.1) is 31.8 Å². The van der Waals surface area contributed by atoms with Crippen molar-refractivity contribution in [2.45, 2.75) is 11.4 Å². The number of ether oxygens (including phenoxy) is 2. The van der Waals surface area contributed by atoms with Gasteiger partial charge in [-0.1, -0.05) is 12.1 Å². The van der Waals surface area contributed by atoms with Crippen LogP contribution in [0.15, 0.2) is 52.3 Å². The second-order valence-electron chi connectivity index (χ2n) is 6.40. The van der Waals surface area contributed by atoms with Crippen LogP contribution in [0.4, 0.5) is 0 Å². The third kappa shape index (κ3) is 3.41. The highest BCUT2D eigenvalue weighted by molar-refractivity contribution is 7.89. The van der Waals surface area contributed by atoms with Crippen LogP contribution in [-0.2, 0) is 21.3 Å². The maximum Gasteiger partial charge on any atom is 0.350 e. The van der Waals surface area contributed by atoms with Crippen molar-refractivity contribution in [1.29, 1.82) is 0 Å². The van der Waals surface area contributed by atoms with Crippen LogP contribution < -0.4 is 10.4 Å². The standard InChI is InChI=1S/C18H20N4O5S/c1-26-15-4-2-14(3-5-15)12-22-18(23)21-13-16(6-7-17(21)19-22)28(24,25)20-8-10-27-11-9-20/h2-7,13H,8-12H2,1H3. The second kappa shape index (κ2) is 7.38. The third-order valence-corrected chi connectivity index (χ3v) is 6.53. The smallest absolute Gasteiger partial charge is 0.350 e. The number of fused-ring (bicyclic) bond motifs is 1. The van der Waals surface area contributed by atoms with Crippen LogP contribution >= 0.6 is 0 Å². The molecule has 0 amide bonds. The number of nitrogens with zero attached hydrogens (tertiary/aromatic N) is 4. The Balaban J connectivity index is 1.66. The molecular weight excluding hydrogens is 384 g/mol. The van der Waals surface area contributed by atoms with Crippen molar-refractivity contribution in [3.8, 4) is 5.75 Å². The molecule has 1 aliphatic rings. The molecular formula is C18H20N4O5S. The number of morpholine rings is 1. The molecule has 1 saturated heterocycles. The number of hydrogen-bond donors (Lipinski definition) is 0. The van der Waals surface area contributed by atoms with Gasteiger partial charge in [0.2, 0.25) is 10.0 Å². The first-order valence-corrected chi connectivity index (χ1v) is 10.2. The molecule has 28 heavy (non-hydrogen) atoms. The van der Waals surface area contributed by atoms with Crippen molar-refractivity contribution in [1.82, 2.24) is 18.5 Å². The molecule has 1 aliphatic heterocycles. The first-order valence-electron chi connectivity index (χ1n) is 8.79. The summed E-state index contributed by atoms with van der Waals surface area (Å²) >= 11 is 0. The molecule has 0 atom stereocenters. The normalized spacial score (nSPS) is 15.8. The van der Waals surface area contributed by atoms with Crippen LogP contribution in [-0.4, -0.2) is 60.3 Å². The van der Waals surface area contributed by atoms with E-state index in [0.717, 1.165) is 11.3 Å². The van der Waals surface area contributed by atoms with Crippen molar-refractivity contribution >= 4 is 15.7 Å². The molecule has 148 valence electrons. The van der Waals surface area contributed by atoms with Crippen molar-refractivity contribution < 1.29 is 17.9 Å². The van der Waals surface area contributed by atoms with E-state index in [1.54, 1.807) is 13.2 Å². The fourth-order valence-corrected chi connectivity index (χ4v) is 4.50. The average molecular weight is 404 g/mol. The van der Waals surface area contributed by atoms with Gasteiger partial charge in [0.15, 0.2) is 5.65 Å². The molecule has 4 rings (SSSR count). The van der Waals surface area contributed by atoms with E-state index in [0.29, 0.717) is 32.0 Å². The summed E-state index contributed by atoms with van der Waals surface area (Å²) in [6.45, 7) is 1.59. The average Bonchev–Trinajstić information content (AvgIpc) is 3.04. The molecule has 0 unspecified atom stereocenters. The van der Waals surface area contributed by atoms with Gasteiger partial charge in [0, 0.05) is 19.3 Å². The summed E-state index contributed by atoms with van der Waals surface area (Å²) in [6.07, 6.45) is 1.33. The van der Waals surface area contributed by atoms with Gasteiger partial charge in [-0.2, -0.15) is 4.31 Å². The van der Waals surface area contributed by atoms with E-state index in [-0.39, 0.29) is 11.4 Å². The number of methoxy groups -OCH3 is 1. The summed E-state index contributed by atoms with van der Waals surface area (Å²) in [5.74, 6) is 0.726. The molecule has 0 bridgehead atoms. The summed E-state index contributed by atoms with van der Waals surface area (Å²) < 4.78 is 39.9. The van der Waals surface area contributed by atoms with E-state index >= 15 is 0 Å². The highest BCUT2D eigenvalue weighted by Crippen LogP contribution is 2.17. The van der Waals surface area contributed by atoms with E-state index in [1.165, 1.54) is 25.7 Å². The molecule has 2 aromatic heterocycles. The Labute approximate surface area is 161 Å². The highest BCUT2D eigenvalue weighted by atomic mass is 32.2. The lowest BCUT2D eigenvalue weighted by molar-refractivity contribution is 0.0730. The molecule has 0 radical (unpaired) electrons. The zero-order chi connectivity index (χ0) is 19.7. The predicted octanol–water partition coefficient (Wildman–Crippen LogP) is 0.574. The van der Waals surface area contributed by atoms with Crippen LogP contribution in [0.5, 0.6) is 5.75 Å². The first-order chi connectivity index (χ1) is 13.5. The van der Waals surface area contributed by atoms with Gasteiger partial charge in [0.1, 0.15) is 5.75 Å². The second-order valence-corrected chi connectivity index (χ2v) is 8.34. The molecule has 0 N–H and O–H groups in total. The quantitative estimate of drug-likeness (QED) is 0.617. The Morgan fingerprint density at radius 3 is 2.50 bits per heavy atom. The number of sulfonamides is 1. The predicted molar refractivity (Wildman–Crippen MR) is 101 cm³/mol. The van der Waals surface area contributed by atoms with Crippen molar-refractivity contribution in [2.75, 3.05) is 33.4 Å². The van der Waals surface area contributed by atoms with Crippen LogP contribution in [0.3, 0.4) is 0 Å². The fourth-order valence-electron chi connectivity index (χ4n) is 3.09. The Morgan fingerprint density at radius 1 is 1.11 bits per heavy atom. The molecule has 1 aromatic carbocycles. The minimum atomic E-state index is -3.68. The van der Waals surface area contributed by atoms with E-state index in [2.05, 4.69) is 5.10 Å². The van der Waals surface area contributed by atoms with Crippen LogP contribution in [0.25, 0.3) is 5.65 Å². The molecule has 3 aromatic rings. The molecule has 3 heterocycles. The number of pyridine rings is 1. The van der Waals surface area contributed by atoms with E-state index in [1.807, 2.05) is 24.3 Å². The maximum atomic E-state index is 12.8. The zero-order valence-electron chi connectivity index (χ0n) is 15.3. The van der Waals surface area contributed by atoms with Crippen LogP contribution in [0.2, 0.25) is 0 Å². The molecule has 0 saturated carbocycles. The van der Waals surface area contributed by atoms with Gasteiger partial charge < -0.3 is 9.47 Å². The summed E-state index contributed by atoms with van der Waals surface area (Å²) in [6, 6.07) is 10.3. The summed E-state index contributed by atoms with van der Waals surface area (Å²) in [4.78, 5) is 12.8. The van der Waals surface area contributed by atoms with Crippen molar-refractivity contribution in [3.63, 3.8) is 0 Å². The van der Waals surface area contributed by atoms with Gasteiger partial charge >= 0.3 is 5.69 Å². The number of benzene rings is 1. The first kappa shape index (κ1) is 18.7. The Morgan fingerprint density at radius 2 is 1.82 bits per heavy atom. The van der Waals surface area contributed by atoms with Crippen molar-refractivity contribution in [2.24, 2.45) is 0 Å². The maximum absolute atomic E-state index is 12.8. The topological polar surface area (TPSA) is 95.1 Å². The molecule has 0 spiro atoms. The van der Waals surface area contributed by atoms with Crippen LogP contribution in [0.1, 0.15) is 5.56 Å². The van der Waals surface area contributed by atoms with E-state index in [9.17, 15) is 13.2 Å². The minimum absolute atomic E-state index is 0.0630. The zero-order valence-corrected chi connectivity index (χ0v) is 16.1. The van der Waals surface area contributed by atoms with Gasteiger partial charge in [-0.25, -0.2) is 22.3 Å². The molecule has 9 nitrogen and oxygen atoms in total. The van der Waals surface area contributed by atoms with Gasteiger partial charge in [0.25, 0.3) is 0 Å². The van der Waals surface area contributed by atoms with Gasteiger partial charge in [-0.05, 0) is 29.8 Å². The van der Waals surface area contributed by atoms with Gasteiger partial charge in [-0.15, -0.1) is 5.10 Å². The van der Waals surface area contributed by atoms with Crippen molar-refractivity contribution in [3.05, 3.63) is 58.6 Å². The lowest BCUT2D eigenvalue weighted by atomic mass is 10.2. The minimum Gasteiger partial charge on any atom is -0.497 e. The van der Waals surface area contributed by atoms with E-state index in [4.69, 9.17) is 9.47 Å². The SMILES string of the molecule is COc1ccc(Cn2nc3ccc(S(=O)(=O)N4CCOCC4)cn3c2=O)cc1. The lowest BCUT2D eigenvalue weighted by Gasteiger charge is -2.25. The number of aromatic nitrogens is 3. The van der Waals surface area contributed by atoms with Crippen LogP contribution in [0, 0.1) is 0 Å². The Hall–Kier alpha value is -2.69. The molecule has 10 heteroatoms. The monoisotopic (exact) mass is 404 g/mol. The summed E-state index contributed by atoms with van der Waals surface area (Å²) in [5, 5.41) is 4.29. The lowest BCUT2D eigenvalue weighted by Crippen LogP contribution is -2.40. The third-order valence-electron chi connectivity index (χ3n) is 4.65. The summed E-state index contributed by atoms with van der Waals surface area (Å²) in [7, 11) is -2.10. The number of hydrogen-bond acceptors (Lipinski definition) is 6. The Bertz CT molecular complexity index is 1140. The molecule has 1 fully saturated rings. The number of rotatable bonds is 5. The highest BCUT2D eigenvalue weighted by Gasteiger charge is 2.27. The fraction of sp³-hybridized carbons (Fsp3) is 0.333. The summed E-state index contributed by atoms with van der Waals surface area (Å²) in [5.41, 5.74) is 0.872. The van der Waals surface area contributed by atoms with E-state index < -0.39 is 15.7 Å². The largest absolute Gasteiger partial charge is 0.497 e.